The molecule has 16 aromatic carbocycles. The van der Waals surface area contributed by atoms with Crippen molar-refractivity contribution in [1.82, 2.24) is 9.13 Å². The Morgan fingerprint density at radius 2 is 0.522 bits per heavy atom. The van der Waals surface area contributed by atoms with Crippen molar-refractivity contribution in [1.29, 1.82) is 0 Å². The molecule has 0 aliphatic carbocycles. The molecule has 0 bridgehead atoms. The molecule has 0 unspecified atom stereocenters. The minimum atomic E-state index is 0.0442. The molecule has 0 saturated heterocycles. The van der Waals surface area contributed by atoms with E-state index in [2.05, 4.69) is 331 Å². The molecular weight excluding hydrogens is 1110 g/mol. The van der Waals surface area contributed by atoms with E-state index in [9.17, 15) is 0 Å². The van der Waals surface area contributed by atoms with Gasteiger partial charge in [-0.15, -0.1) is 0 Å². The molecular formula is C90H68N2. The zero-order chi connectivity index (χ0) is 62.1. The first-order valence-corrected chi connectivity index (χ1v) is 32.6. The molecule has 0 saturated carbocycles. The Bertz CT molecular complexity index is 5620. The van der Waals surface area contributed by atoms with Crippen molar-refractivity contribution < 1.29 is 0 Å². The molecule has 2 aromatic heterocycles. The lowest BCUT2D eigenvalue weighted by Crippen LogP contribution is -2.10. The van der Waals surface area contributed by atoms with Crippen LogP contribution in [-0.4, -0.2) is 9.13 Å². The van der Waals surface area contributed by atoms with E-state index in [0.29, 0.717) is 0 Å². The summed E-state index contributed by atoms with van der Waals surface area (Å²) in [5, 5.41) is 20.7. The fraction of sp³-hybridized carbons (Fsp3) is 0.111. The Kier molecular flexibility index (Phi) is 11.7. The van der Waals surface area contributed by atoms with Crippen LogP contribution in [-0.2, 0) is 10.8 Å². The van der Waals surface area contributed by atoms with Crippen molar-refractivity contribution in [3.05, 3.63) is 289 Å². The van der Waals surface area contributed by atoms with Crippen LogP contribution >= 0.6 is 0 Å². The number of benzene rings is 16. The van der Waals surface area contributed by atoms with Crippen molar-refractivity contribution in [2.24, 2.45) is 0 Å². The molecule has 0 spiro atoms. The predicted molar refractivity (Wildman–Crippen MR) is 397 cm³/mol. The van der Waals surface area contributed by atoms with Gasteiger partial charge < -0.3 is 9.13 Å². The maximum Gasteiger partial charge on any atom is 0.0541 e. The molecule has 0 amide bonds. The smallest absolute Gasteiger partial charge is 0.0541 e. The zero-order valence-electron chi connectivity index (χ0n) is 53.3. The van der Waals surface area contributed by atoms with Gasteiger partial charge in [0.15, 0.2) is 0 Å². The van der Waals surface area contributed by atoms with Gasteiger partial charge >= 0.3 is 0 Å². The number of hydrogen-bond donors (Lipinski definition) is 0. The van der Waals surface area contributed by atoms with Crippen LogP contribution in [0, 0.1) is 13.8 Å². The molecule has 0 aliphatic rings. The Labute approximate surface area is 536 Å². The number of rotatable bonds is 7. The van der Waals surface area contributed by atoms with Crippen molar-refractivity contribution in [2.45, 2.75) is 66.2 Å². The first-order valence-electron chi connectivity index (χ1n) is 32.6. The van der Waals surface area contributed by atoms with Gasteiger partial charge in [-0.25, -0.2) is 0 Å². The highest BCUT2D eigenvalue weighted by molar-refractivity contribution is 6.30. The molecule has 0 aliphatic heterocycles. The van der Waals surface area contributed by atoms with Crippen LogP contribution in [0.4, 0.5) is 0 Å². The number of hydrogen-bond acceptors (Lipinski definition) is 0. The standard InChI is InChI=1S/C90H68N2/c1-53-17-21-55(22-18-53)75-51-77(73-41-31-63-47-65(89(3,4)5)45-61-29-39-71(75)87(73)85(61)63)57-25-35-67(36-26-57)91-81-15-11-9-13-69(81)79-49-59(33-43-83(79)91)60-34-44-84-80(50-60)70-14-10-12-16-82(70)92(84)68-37-27-58(28-38-68)78-52-76(56-23-19-54(2)20-24-56)72-40-30-62-46-66(90(6,7)8)48-64-32-42-74(78)88(72)86(62)64/h9-52H,1-8H3. The van der Waals surface area contributed by atoms with E-state index in [1.807, 2.05) is 0 Å². The first-order chi connectivity index (χ1) is 44.7. The fourth-order valence-corrected chi connectivity index (χ4v) is 15.6. The third kappa shape index (κ3) is 8.32. The lowest BCUT2D eigenvalue weighted by molar-refractivity contribution is 0.591. The minimum Gasteiger partial charge on any atom is -0.309 e. The lowest BCUT2D eigenvalue weighted by atomic mass is 9.81. The number of para-hydroxylation sites is 2. The highest BCUT2D eigenvalue weighted by atomic mass is 15.0. The highest BCUT2D eigenvalue weighted by Gasteiger charge is 2.24. The highest BCUT2D eigenvalue weighted by Crippen LogP contribution is 2.49. The lowest BCUT2D eigenvalue weighted by Gasteiger charge is -2.23. The van der Waals surface area contributed by atoms with Crippen molar-refractivity contribution in [2.75, 3.05) is 0 Å². The predicted octanol–water partition coefficient (Wildman–Crippen LogP) is 25.2. The van der Waals surface area contributed by atoms with Crippen LogP contribution < -0.4 is 0 Å². The zero-order valence-corrected chi connectivity index (χ0v) is 53.3. The number of aryl methyl sites for hydroxylation is 2. The molecule has 18 rings (SSSR count). The summed E-state index contributed by atoms with van der Waals surface area (Å²) in [6.07, 6.45) is 0. The molecule has 2 nitrogen and oxygen atoms in total. The molecule has 438 valence electrons. The van der Waals surface area contributed by atoms with Crippen LogP contribution in [0.25, 0.3) is 175 Å². The average Bonchev–Trinajstić information content (AvgIpc) is 1.36. The van der Waals surface area contributed by atoms with E-state index in [4.69, 9.17) is 0 Å². The maximum absolute atomic E-state index is 2.45. The van der Waals surface area contributed by atoms with Crippen LogP contribution in [0.3, 0.4) is 0 Å². The summed E-state index contributed by atoms with van der Waals surface area (Å²) in [5.41, 5.74) is 24.7. The summed E-state index contributed by atoms with van der Waals surface area (Å²) in [4.78, 5) is 0. The number of nitrogens with zero attached hydrogens (tertiary/aromatic N) is 2. The first kappa shape index (κ1) is 54.2. The number of aromatic nitrogens is 2. The van der Waals surface area contributed by atoms with E-state index in [1.54, 1.807) is 0 Å². The van der Waals surface area contributed by atoms with Gasteiger partial charge in [0.1, 0.15) is 0 Å². The molecule has 92 heavy (non-hydrogen) atoms. The number of fused-ring (bicyclic) bond motifs is 6. The Morgan fingerprint density at radius 3 is 0.848 bits per heavy atom. The summed E-state index contributed by atoms with van der Waals surface area (Å²) >= 11 is 0. The molecule has 0 radical (unpaired) electrons. The van der Waals surface area contributed by atoms with Crippen molar-refractivity contribution in [3.8, 4) is 67.0 Å². The topological polar surface area (TPSA) is 9.86 Å². The van der Waals surface area contributed by atoms with E-state index in [-0.39, 0.29) is 10.8 Å². The maximum atomic E-state index is 2.45. The second-order valence-corrected chi connectivity index (χ2v) is 28.2. The van der Waals surface area contributed by atoms with Gasteiger partial charge in [0, 0.05) is 32.9 Å². The Hall–Kier alpha value is -10.8. The second-order valence-electron chi connectivity index (χ2n) is 28.2. The second kappa shape index (κ2) is 19.8. The molecule has 0 atom stereocenters. The Balaban J connectivity index is 0.717. The quantitative estimate of drug-likeness (QED) is 0.141. The fourth-order valence-electron chi connectivity index (χ4n) is 15.6. The third-order valence-corrected chi connectivity index (χ3v) is 20.4. The van der Waals surface area contributed by atoms with Gasteiger partial charge in [0.25, 0.3) is 0 Å². The largest absolute Gasteiger partial charge is 0.309 e. The van der Waals surface area contributed by atoms with Gasteiger partial charge in [0.05, 0.1) is 22.1 Å². The molecule has 0 fully saturated rings. The van der Waals surface area contributed by atoms with E-state index in [1.165, 1.54) is 186 Å². The summed E-state index contributed by atoms with van der Waals surface area (Å²) in [6, 6.07) is 102. The molecule has 0 N–H and O–H groups in total. The van der Waals surface area contributed by atoms with E-state index in [0.717, 1.165) is 11.4 Å². The van der Waals surface area contributed by atoms with E-state index < -0.39 is 0 Å². The van der Waals surface area contributed by atoms with Crippen molar-refractivity contribution in [3.63, 3.8) is 0 Å². The van der Waals surface area contributed by atoms with Crippen molar-refractivity contribution >= 4 is 108 Å². The van der Waals surface area contributed by atoms with Gasteiger partial charge in [-0.1, -0.05) is 247 Å². The van der Waals surface area contributed by atoms with Crippen LogP contribution in [0.5, 0.6) is 0 Å². The summed E-state index contributed by atoms with van der Waals surface area (Å²) in [5.74, 6) is 0. The molecule has 18 aromatic rings. The molecule has 2 heterocycles. The van der Waals surface area contributed by atoms with E-state index >= 15 is 0 Å². The minimum absolute atomic E-state index is 0.0442. The van der Waals surface area contributed by atoms with Crippen LogP contribution in [0.2, 0.25) is 0 Å². The SMILES string of the molecule is Cc1ccc(-c2cc(-c3ccc(-n4c5ccccc5c5cc(-c6ccc7c(c6)c6ccccc6n7-c6ccc(-c7cc(-c8ccc(C)cc8)c8ccc9cc(C(C)(C)C)cc%10ccc7c8c9%10)cc6)ccc54)cc3)c3ccc4cc(C(C)(C)C)cc5ccc2c3c54)cc1. The summed E-state index contributed by atoms with van der Waals surface area (Å²) in [6.45, 7) is 18.2. The third-order valence-electron chi connectivity index (χ3n) is 20.4. The van der Waals surface area contributed by atoms with Gasteiger partial charge in [-0.3, -0.25) is 0 Å². The van der Waals surface area contributed by atoms with Gasteiger partial charge in [-0.05, 0) is 229 Å². The van der Waals surface area contributed by atoms with Gasteiger partial charge in [0.2, 0.25) is 0 Å². The monoisotopic (exact) mass is 1180 g/mol. The van der Waals surface area contributed by atoms with Crippen LogP contribution in [0.15, 0.2) is 267 Å². The summed E-state index contributed by atoms with van der Waals surface area (Å²) in [7, 11) is 0. The average molecular weight is 1180 g/mol. The van der Waals surface area contributed by atoms with Gasteiger partial charge in [-0.2, -0.15) is 0 Å². The van der Waals surface area contributed by atoms with Crippen LogP contribution in [0.1, 0.15) is 63.8 Å². The summed E-state index contributed by atoms with van der Waals surface area (Å²) < 4.78 is 4.90. The normalized spacial score (nSPS) is 12.6. The Morgan fingerprint density at radius 1 is 0.228 bits per heavy atom. The molecule has 2 heteroatoms.